The van der Waals surface area contributed by atoms with Gasteiger partial charge >= 0.3 is 0 Å². The Balaban J connectivity index is 1.14. The fraction of sp³-hybridized carbons (Fsp3) is 0.518. The Bertz CT molecular complexity index is 3060. The summed E-state index contributed by atoms with van der Waals surface area (Å²) < 4.78 is 0. The van der Waals surface area contributed by atoms with Gasteiger partial charge in [-0.05, 0) is 67.7 Å². The molecule has 3 aliphatic heterocycles. The second kappa shape index (κ2) is 32.6. The Morgan fingerprint density at radius 1 is 0.782 bits per heavy atom. The molecule has 2 unspecified atom stereocenters. The van der Waals surface area contributed by atoms with Crippen molar-refractivity contribution in [2.75, 3.05) is 57.4 Å². The zero-order chi connectivity index (χ0) is 63.5. The highest BCUT2D eigenvalue weighted by atomic mass is 32.2. The molecule has 6 rings (SSSR count). The number of imide groups is 1. The van der Waals surface area contributed by atoms with E-state index in [1.807, 2.05) is 30.5 Å². The highest BCUT2D eigenvalue weighted by Crippen LogP contribution is 2.30. The maximum Gasteiger partial charge on any atom is 0.246 e. The lowest BCUT2D eigenvalue weighted by atomic mass is 9.98. The number of hydrogen-bond donors (Lipinski definition) is 15. The van der Waals surface area contributed by atoms with E-state index >= 15 is 0 Å². The number of anilines is 1. The number of rotatable bonds is 20. The largest absolute Gasteiger partial charge is 0.394 e. The zero-order valence-electron chi connectivity index (χ0n) is 48.6. The smallest absolute Gasteiger partial charge is 0.246 e. The molecule has 3 aromatic rings. The molecule has 2 aromatic carbocycles. The molecule has 3 fully saturated rings. The number of para-hydroxylation sites is 1. The Morgan fingerprint density at radius 2 is 1.47 bits per heavy atom. The van der Waals surface area contributed by atoms with Crippen molar-refractivity contribution in [1.29, 1.82) is 0 Å². The lowest BCUT2D eigenvalue weighted by Crippen LogP contribution is -2.60. The quantitative estimate of drug-likeness (QED) is 0.0299. The van der Waals surface area contributed by atoms with E-state index in [-0.39, 0.29) is 45.3 Å². The van der Waals surface area contributed by atoms with Crippen LogP contribution >= 0.6 is 24.4 Å². The number of carbonyl (C=O) groups is 13. The zero-order valence-corrected chi connectivity index (χ0v) is 50.3. The van der Waals surface area contributed by atoms with E-state index < -0.39 is 176 Å². The van der Waals surface area contributed by atoms with E-state index in [2.05, 4.69) is 76.1 Å². The minimum absolute atomic E-state index is 0.0640. The van der Waals surface area contributed by atoms with E-state index in [1.54, 1.807) is 26.0 Å². The Labute approximate surface area is 510 Å². The van der Waals surface area contributed by atoms with Gasteiger partial charge in [-0.2, -0.15) is 12.6 Å². The molecule has 1 aromatic heterocycles. The van der Waals surface area contributed by atoms with Crippen LogP contribution in [0.15, 0.2) is 53.6 Å². The van der Waals surface area contributed by atoms with E-state index in [4.69, 9.17) is 0 Å². The molecule has 0 radical (unpaired) electrons. The Kier molecular flexibility index (Phi) is 25.4. The number of H-pyrrole nitrogens is 1. The summed E-state index contributed by atoms with van der Waals surface area (Å²) in [6, 6.07) is 6.99. The van der Waals surface area contributed by atoms with Gasteiger partial charge in [0.25, 0.3) is 0 Å². The first-order valence-corrected chi connectivity index (χ1v) is 30.2. The van der Waals surface area contributed by atoms with Gasteiger partial charge in [-0.15, -0.1) is 11.8 Å². The third-order valence-corrected chi connectivity index (χ3v) is 16.0. The third kappa shape index (κ3) is 19.7. The van der Waals surface area contributed by atoms with E-state index in [0.29, 0.717) is 34.7 Å². The molecule has 0 bridgehead atoms. The van der Waals surface area contributed by atoms with Gasteiger partial charge in [-0.25, -0.2) is 0 Å². The lowest BCUT2D eigenvalue weighted by Gasteiger charge is -2.33. The Morgan fingerprint density at radius 3 is 2.16 bits per heavy atom. The van der Waals surface area contributed by atoms with Crippen molar-refractivity contribution in [1.82, 2.24) is 68.0 Å². The van der Waals surface area contributed by atoms with Crippen molar-refractivity contribution in [2.45, 2.75) is 131 Å². The number of fused-ring (bicyclic) bond motifs is 2. The SMILES string of the molecule is CC[C@H](C)[C@@H]1NC(=O)CNC(=O)[C@@H](Cc2c(SC)[nH]c3ccccc23)NC(=O)[C@H](C[C@@H](O)CO)NC2CCCN2C(=O)[C@H](CC(=O)NCc2ccc(NC(=O)[C@H](C)NC(=O)CNC(=O)CCN3C(=O)CC(S)C3=O)cc2)NC(=O)CNC(=O)CNC1=O. The van der Waals surface area contributed by atoms with Crippen LogP contribution in [0.3, 0.4) is 0 Å². The predicted octanol–water partition coefficient (Wildman–Crippen LogP) is -3.34. The predicted molar refractivity (Wildman–Crippen MR) is 318 cm³/mol. The highest BCUT2D eigenvalue weighted by molar-refractivity contribution is 7.98. The van der Waals surface area contributed by atoms with Gasteiger partial charge in [0, 0.05) is 55.5 Å². The molecular weight excluding hydrogens is 1170 g/mol. The summed E-state index contributed by atoms with van der Waals surface area (Å²) in [5.41, 5.74) is 2.27. The molecule has 13 amide bonds. The number of amides is 13. The number of thiol groups is 1. The minimum Gasteiger partial charge on any atom is -0.394 e. The number of nitrogens with zero attached hydrogens (tertiary/aromatic N) is 2. The maximum absolute atomic E-state index is 14.7. The molecule has 0 aliphatic carbocycles. The topological polar surface area (TPSA) is 417 Å². The summed E-state index contributed by atoms with van der Waals surface area (Å²) in [7, 11) is 0. The van der Waals surface area contributed by atoms with Gasteiger partial charge in [0.05, 0.1) is 67.8 Å². The second-order valence-corrected chi connectivity index (χ2v) is 22.7. The summed E-state index contributed by atoms with van der Waals surface area (Å²) in [6.07, 6.45) is -1.02. The monoisotopic (exact) mass is 1250 g/mol. The molecule has 3 saturated heterocycles. The fourth-order valence-electron chi connectivity index (χ4n) is 9.81. The van der Waals surface area contributed by atoms with Crippen molar-refractivity contribution in [3.63, 3.8) is 0 Å². The van der Waals surface area contributed by atoms with Crippen molar-refractivity contribution in [3.05, 3.63) is 59.7 Å². The molecule has 31 heteroatoms. The van der Waals surface area contributed by atoms with E-state index in [0.717, 1.165) is 15.8 Å². The number of carbonyl (C=O) groups excluding carboxylic acids is 13. The first-order chi connectivity index (χ1) is 41.5. The molecule has 3 aliphatic rings. The van der Waals surface area contributed by atoms with Crippen molar-refractivity contribution < 1.29 is 72.5 Å². The number of aliphatic hydroxyl groups is 2. The van der Waals surface area contributed by atoms with Crippen LogP contribution < -0.4 is 58.5 Å². The molecule has 87 heavy (non-hydrogen) atoms. The third-order valence-electron chi connectivity index (χ3n) is 14.8. The number of thioether (sulfide) groups is 1. The molecule has 9 atom stereocenters. The Hall–Kier alpha value is -8.13. The maximum atomic E-state index is 14.7. The van der Waals surface area contributed by atoms with Crippen LogP contribution in [0.2, 0.25) is 0 Å². The molecular formula is C56H76N14O15S2. The normalized spacial score (nSPS) is 22.4. The highest BCUT2D eigenvalue weighted by Gasteiger charge is 2.40. The van der Waals surface area contributed by atoms with Crippen LogP contribution in [0.1, 0.15) is 76.8 Å². The average Bonchev–Trinajstić information content (AvgIpc) is 1.97. The van der Waals surface area contributed by atoms with Gasteiger partial charge in [-0.1, -0.05) is 50.6 Å². The summed E-state index contributed by atoms with van der Waals surface area (Å²) in [5, 5.41) is 50.0. The molecule has 29 nitrogen and oxygen atoms in total. The van der Waals surface area contributed by atoms with Gasteiger partial charge in [0.1, 0.15) is 24.2 Å². The van der Waals surface area contributed by atoms with Gasteiger partial charge in [-0.3, -0.25) is 72.5 Å². The van der Waals surface area contributed by atoms with Gasteiger partial charge in [0.15, 0.2) is 0 Å². The first-order valence-electron chi connectivity index (χ1n) is 28.4. The van der Waals surface area contributed by atoms with Crippen LogP contribution in [0.4, 0.5) is 5.69 Å². The number of aromatic nitrogens is 1. The summed E-state index contributed by atoms with van der Waals surface area (Å²) in [6.45, 7) is 1.49. The summed E-state index contributed by atoms with van der Waals surface area (Å²) in [5.74, 6) is -9.60. The van der Waals surface area contributed by atoms with Crippen LogP contribution in [-0.4, -0.2) is 202 Å². The van der Waals surface area contributed by atoms with Crippen molar-refractivity contribution in [2.24, 2.45) is 5.92 Å². The number of hydrogen-bond acceptors (Lipinski definition) is 18. The van der Waals surface area contributed by atoms with Crippen molar-refractivity contribution in [3.8, 4) is 0 Å². The van der Waals surface area contributed by atoms with E-state index in [1.165, 1.54) is 35.7 Å². The second-order valence-electron chi connectivity index (χ2n) is 21.3. The molecule has 0 saturated carbocycles. The molecule has 4 heterocycles. The number of likely N-dealkylation sites (tertiary alicyclic amines) is 1. The van der Waals surface area contributed by atoms with Crippen molar-refractivity contribution >= 4 is 118 Å². The van der Waals surface area contributed by atoms with Gasteiger partial charge in [0.2, 0.25) is 76.8 Å². The van der Waals surface area contributed by atoms with Crippen LogP contribution in [0.25, 0.3) is 10.9 Å². The lowest BCUT2D eigenvalue weighted by molar-refractivity contribution is -0.140. The van der Waals surface area contributed by atoms with Crippen LogP contribution in [0, 0.1) is 5.92 Å². The molecule has 14 N–H and O–H groups in total. The average molecular weight is 1250 g/mol. The first kappa shape index (κ1) is 68.0. The number of nitrogens with one attached hydrogen (secondary N) is 12. The van der Waals surface area contributed by atoms with E-state index in [9.17, 15) is 72.5 Å². The standard InChI is InChI=1S/C56H76N14O15S2/c1-5-29(2)49-53(83)61-24-44(75)59-26-46(77)65-39(21-43(74)57-23-31-12-14-32(15-13-31)63-50(80)30(3)62-45(76)25-58-42(73)16-18-70-48(79)22-40(86)56(70)85)55(84)69-17-8-11-41(69)64-37(19-33(72)28-71)52(82)66-38(51(81)60-27-47(78)68-49)20-35-34-9-6-7-10-36(34)67-54(35)87-4/h6-7,9-10,12-15,29-30,33,37-41,49,64,67,71-72,86H,5,8,11,16-28H2,1-4H3,(H,57,74)(H,58,73)(H,59,75)(H,60,81)(H,61,83)(H,62,76)(H,63,80)(H,65,77)(H,66,82)(H,68,78)/t29-,30-,33+,37-,38+,39-,40?,41?,49-/m0/s1. The van der Waals surface area contributed by atoms with Crippen LogP contribution in [0.5, 0.6) is 0 Å². The molecule has 472 valence electrons. The summed E-state index contributed by atoms with van der Waals surface area (Å²) in [4.78, 5) is 178. The minimum atomic E-state index is -1.57. The summed E-state index contributed by atoms with van der Waals surface area (Å²) >= 11 is 5.41. The fourth-order valence-corrected chi connectivity index (χ4v) is 10.8. The number of aliphatic hydroxyl groups excluding tert-OH is 2. The molecule has 0 spiro atoms. The van der Waals surface area contributed by atoms with Gasteiger partial charge < -0.3 is 73.3 Å². The van der Waals surface area contributed by atoms with Crippen LogP contribution in [-0.2, 0) is 75.3 Å². The number of aromatic amines is 1. The number of benzene rings is 2.